The van der Waals surface area contributed by atoms with Crippen LogP contribution in [0.2, 0.25) is 0 Å². The summed E-state index contributed by atoms with van der Waals surface area (Å²) in [4.78, 5) is 14.0. The van der Waals surface area contributed by atoms with Crippen LogP contribution in [0.25, 0.3) is 0 Å². The van der Waals surface area contributed by atoms with Gasteiger partial charge in [-0.15, -0.1) is 0 Å². The van der Waals surface area contributed by atoms with E-state index in [4.69, 9.17) is 0 Å². The summed E-state index contributed by atoms with van der Waals surface area (Å²) in [6.45, 7) is 7.33. The Morgan fingerprint density at radius 1 is 1.38 bits per heavy atom. The summed E-state index contributed by atoms with van der Waals surface area (Å²) in [7, 11) is 2.19. The molecule has 0 radical (unpaired) electrons. The van der Waals surface area contributed by atoms with Crippen LogP contribution in [0, 0.1) is 6.92 Å². The lowest BCUT2D eigenvalue weighted by Crippen LogP contribution is -2.42. The van der Waals surface area contributed by atoms with Crippen molar-refractivity contribution < 1.29 is 4.79 Å². The average molecular weight is 289 g/mol. The van der Waals surface area contributed by atoms with Gasteiger partial charge in [0, 0.05) is 36.4 Å². The van der Waals surface area contributed by atoms with E-state index in [9.17, 15) is 4.79 Å². The first-order chi connectivity index (χ1) is 10.0. The number of rotatable bonds is 4. The lowest BCUT2D eigenvalue weighted by molar-refractivity contribution is -0.115. The van der Waals surface area contributed by atoms with Crippen molar-refractivity contribution in [2.24, 2.45) is 0 Å². The number of hydrogen-bond acceptors (Lipinski definition) is 3. The number of anilines is 2. The molecule has 0 bridgehead atoms. The summed E-state index contributed by atoms with van der Waals surface area (Å²) >= 11 is 0. The molecule has 2 unspecified atom stereocenters. The SMILES string of the molecule is CCC(=O)Nc1cccc(NC2CCN(C)C(C)C2)c1C. The first kappa shape index (κ1) is 15.8. The molecular weight excluding hydrogens is 262 g/mol. The fourth-order valence-corrected chi connectivity index (χ4v) is 2.81. The Balaban J connectivity index is 2.06. The Hall–Kier alpha value is -1.55. The zero-order chi connectivity index (χ0) is 15.4. The van der Waals surface area contributed by atoms with Gasteiger partial charge in [0.2, 0.25) is 5.91 Å². The molecule has 0 saturated carbocycles. The Morgan fingerprint density at radius 2 is 2.10 bits per heavy atom. The van der Waals surface area contributed by atoms with Crippen molar-refractivity contribution in [1.29, 1.82) is 0 Å². The average Bonchev–Trinajstić information content (AvgIpc) is 2.47. The molecule has 1 aliphatic rings. The van der Waals surface area contributed by atoms with E-state index in [1.54, 1.807) is 0 Å². The third-order valence-corrected chi connectivity index (χ3v) is 4.50. The Bertz CT molecular complexity index is 501. The van der Waals surface area contributed by atoms with Gasteiger partial charge in [0.05, 0.1) is 0 Å². The number of amides is 1. The summed E-state index contributed by atoms with van der Waals surface area (Å²) in [6, 6.07) is 7.18. The smallest absolute Gasteiger partial charge is 0.224 e. The Kier molecular flexibility index (Phi) is 5.23. The van der Waals surface area contributed by atoms with Gasteiger partial charge in [-0.25, -0.2) is 0 Å². The van der Waals surface area contributed by atoms with Gasteiger partial charge >= 0.3 is 0 Å². The third kappa shape index (κ3) is 3.97. The second-order valence-electron chi connectivity index (χ2n) is 6.08. The molecule has 2 atom stereocenters. The van der Waals surface area contributed by atoms with Crippen molar-refractivity contribution >= 4 is 17.3 Å². The maximum atomic E-state index is 11.6. The standard InChI is InChI=1S/C17H27N3O/c1-5-17(21)19-16-8-6-7-15(13(16)3)18-14-9-10-20(4)12(2)11-14/h6-8,12,14,18H,5,9-11H2,1-4H3,(H,19,21). The van der Waals surface area contributed by atoms with Crippen molar-refractivity contribution in [2.75, 3.05) is 24.2 Å². The van der Waals surface area contributed by atoms with Crippen LogP contribution in [0.15, 0.2) is 18.2 Å². The third-order valence-electron chi connectivity index (χ3n) is 4.50. The lowest BCUT2D eigenvalue weighted by Gasteiger charge is -2.36. The highest BCUT2D eigenvalue weighted by Gasteiger charge is 2.23. The van der Waals surface area contributed by atoms with Gasteiger partial charge in [-0.05, 0) is 51.4 Å². The zero-order valence-electron chi connectivity index (χ0n) is 13.6. The number of nitrogens with one attached hydrogen (secondary N) is 2. The maximum Gasteiger partial charge on any atom is 0.224 e. The fourth-order valence-electron chi connectivity index (χ4n) is 2.81. The monoisotopic (exact) mass is 289 g/mol. The summed E-state index contributed by atoms with van der Waals surface area (Å²) in [5, 5.41) is 6.62. The van der Waals surface area contributed by atoms with E-state index in [0.29, 0.717) is 18.5 Å². The molecule has 1 aromatic carbocycles. The predicted octanol–water partition coefficient (Wildman–Crippen LogP) is 3.24. The number of nitrogens with zero attached hydrogens (tertiary/aromatic N) is 1. The second-order valence-corrected chi connectivity index (χ2v) is 6.08. The normalized spacial score (nSPS) is 22.9. The van der Waals surface area contributed by atoms with Crippen LogP contribution in [0.4, 0.5) is 11.4 Å². The molecule has 1 amide bonds. The van der Waals surface area contributed by atoms with Crippen LogP contribution in [-0.4, -0.2) is 36.5 Å². The minimum absolute atomic E-state index is 0.0585. The molecule has 116 valence electrons. The van der Waals surface area contributed by atoms with Gasteiger partial charge in [-0.2, -0.15) is 0 Å². The van der Waals surface area contributed by atoms with Crippen LogP contribution in [0.3, 0.4) is 0 Å². The molecule has 2 N–H and O–H groups in total. The van der Waals surface area contributed by atoms with Crippen molar-refractivity contribution in [3.8, 4) is 0 Å². The van der Waals surface area contributed by atoms with Crippen LogP contribution in [0.1, 0.15) is 38.7 Å². The van der Waals surface area contributed by atoms with Crippen molar-refractivity contribution in [3.05, 3.63) is 23.8 Å². The molecule has 1 fully saturated rings. The quantitative estimate of drug-likeness (QED) is 0.894. The minimum Gasteiger partial charge on any atom is -0.382 e. The Labute approximate surface area is 127 Å². The summed E-state index contributed by atoms with van der Waals surface area (Å²) in [5.41, 5.74) is 3.16. The van der Waals surface area contributed by atoms with E-state index in [0.717, 1.165) is 36.3 Å². The van der Waals surface area contributed by atoms with Gasteiger partial charge in [-0.3, -0.25) is 4.79 Å². The van der Waals surface area contributed by atoms with Gasteiger partial charge < -0.3 is 15.5 Å². The summed E-state index contributed by atoms with van der Waals surface area (Å²) in [5.74, 6) is 0.0585. The second kappa shape index (κ2) is 6.94. The fraction of sp³-hybridized carbons (Fsp3) is 0.588. The van der Waals surface area contributed by atoms with Crippen molar-refractivity contribution in [2.45, 2.75) is 52.1 Å². The van der Waals surface area contributed by atoms with Gasteiger partial charge in [-0.1, -0.05) is 13.0 Å². The minimum atomic E-state index is 0.0585. The molecule has 0 aliphatic carbocycles. The lowest BCUT2D eigenvalue weighted by atomic mass is 9.98. The molecule has 0 aromatic heterocycles. The molecule has 21 heavy (non-hydrogen) atoms. The number of carbonyl (C=O) groups is 1. The van der Waals surface area contributed by atoms with Gasteiger partial charge in [0.25, 0.3) is 0 Å². The number of carbonyl (C=O) groups excluding carboxylic acids is 1. The Morgan fingerprint density at radius 3 is 2.76 bits per heavy atom. The van der Waals surface area contributed by atoms with Gasteiger partial charge in [0.15, 0.2) is 0 Å². The van der Waals surface area contributed by atoms with Crippen LogP contribution >= 0.6 is 0 Å². The van der Waals surface area contributed by atoms with Crippen molar-refractivity contribution in [3.63, 3.8) is 0 Å². The molecule has 1 heterocycles. The van der Waals surface area contributed by atoms with E-state index in [1.165, 1.54) is 0 Å². The molecule has 1 aromatic rings. The predicted molar refractivity (Wildman–Crippen MR) is 88.8 cm³/mol. The molecule has 0 spiro atoms. The molecular formula is C17H27N3O. The number of hydrogen-bond donors (Lipinski definition) is 2. The number of piperidine rings is 1. The topological polar surface area (TPSA) is 44.4 Å². The van der Waals surface area contributed by atoms with E-state index < -0.39 is 0 Å². The summed E-state index contributed by atoms with van der Waals surface area (Å²) in [6.07, 6.45) is 2.82. The highest BCUT2D eigenvalue weighted by Crippen LogP contribution is 2.26. The first-order valence-corrected chi connectivity index (χ1v) is 7.87. The highest BCUT2D eigenvalue weighted by molar-refractivity contribution is 5.92. The molecule has 1 saturated heterocycles. The van der Waals surface area contributed by atoms with E-state index in [2.05, 4.69) is 42.5 Å². The van der Waals surface area contributed by atoms with Crippen LogP contribution < -0.4 is 10.6 Å². The molecule has 1 aliphatic heterocycles. The van der Waals surface area contributed by atoms with Crippen molar-refractivity contribution in [1.82, 2.24) is 4.90 Å². The van der Waals surface area contributed by atoms with E-state index >= 15 is 0 Å². The number of likely N-dealkylation sites (tertiary alicyclic amines) is 1. The molecule has 4 nitrogen and oxygen atoms in total. The van der Waals surface area contributed by atoms with Crippen LogP contribution in [-0.2, 0) is 4.79 Å². The largest absolute Gasteiger partial charge is 0.382 e. The maximum absolute atomic E-state index is 11.6. The first-order valence-electron chi connectivity index (χ1n) is 7.87. The zero-order valence-corrected chi connectivity index (χ0v) is 13.6. The highest BCUT2D eigenvalue weighted by atomic mass is 16.1. The van der Waals surface area contributed by atoms with E-state index in [1.807, 2.05) is 19.1 Å². The van der Waals surface area contributed by atoms with Gasteiger partial charge in [0.1, 0.15) is 0 Å². The van der Waals surface area contributed by atoms with E-state index in [-0.39, 0.29) is 5.91 Å². The van der Waals surface area contributed by atoms with Crippen LogP contribution in [0.5, 0.6) is 0 Å². The molecule has 4 heteroatoms. The number of benzene rings is 1. The molecule has 2 rings (SSSR count). The summed E-state index contributed by atoms with van der Waals surface area (Å²) < 4.78 is 0.